The Labute approximate surface area is 184 Å². The van der Waals surface area contributed by atoms with E-state index in [4.69, 9.17) is 4.74 Å². The number of benzene rings is 2. The van der Waals surface area contributed by atoms with E-state index >= 15 is 0 Å². The van der Waals surface area contributed by atoms with Gasteiger partial charge in [0.1, 0.15) is 5.75 Å². The molecule has 1 aliphatic heterocycles. The van der Waals surface area contributed by atoms with E-state index in [2.05, 4.69) is 31.0 Å². The first-order valence-corrected chi connectivity index (χ1v) is 10.8. The number of carbonyl (C=O) groups is 1. The van der Waals surface area contributed by atoms with Crippen molar-refractivity contribution in [2.24, 2.45) is 0 Å². The van der Waals surface area contributed by atoms with Crippen molar-refractivity contribution in [3.63, 3.8) is 0 Å². The lowest BCUT2D eigenvalue weighted by Gasteiger charge is -2.35. The SMILES string of the molecule is CCOc1ccc(-c2ccc(N3CCN(C(=O)c4ccc(Br)cc4)CC3)nn2)cc1. The van der Waals surface area contributed by atoms with Gasteiger partial charge in [0.25, 0.3) is 5.91 Å². The third-order valence-electron chi connectivity index (χ3n) is 5.09. The maximum absolute atomic E-state index is 12.7. The van der Waals surface area contributed by atoms with Crippen LogP contribution in [0, 0.1) is 0 Å². The molecule has 1 amide bonds. The van der Waals surface area contributed by atoms with Crippen molar-refractivity contribution >= 4 is 27.7 Å². The molecule has 30 heavy (non-hydrogen) atoms. The Bertz CT molecular complexity index is 983. The highest BCUT2D eigenvalue weighted by atomic mass is 79.9. The van der Waals surface area contributed by atoms with Crippen molar-refractivity contribution in [2.45, 2.75) is 6.92 Å². The van der Waals surface area contributed by atoms with Crippen molar-refractivity contribution in [3.05, 3.63) is 70.7 Å². The van der Waals surface area contributed by atoms with Gasteiger partial charge in [-0.2, -0.15) is 0 Å². The third-order valence-corrected chi connectivity index (χ3v) is 5.62. The van der Waals surface area contributed by atoms with Gasteiger partial charge in [-0.3, -0.25) is 4.79 Å². The molecule has 1 aromatic heterocycles. The highest BCUT2D eigenvalue weighted by molar-refractivity contribution is 9.10. The van der Waals surface area contributed by atoms with Crippen LogP contribution in [0.4, 0.5) is 5.82 Å². The minimum absolute atomic E-state index is 0.0686. The predicted molar refractivity (Wildman–Crippen MR) is 121 cm³/mol. The maximum Gasteiger partial charge on any atom is 0.253 e. The fourth-order valence-corrected chi connectivity index (χ4v) is 3.71. The zero-order chi connectivity index (χ0) is 20.9. The Morgan fingerprint density at radius 3 is 2.23 bits per heavy atom. The molecule has 0 aliphatic carbocycles. The van der Waals surface area contributed by atoms with Gasteiger partial charge in [-0.05, 0) is 67.6 Å². The van der Waals surface area contributed by atoms with Crippen LogP contribution in [0.2, 0.25) is 0 Å². The molecule has 0 spiro atoms. The normalized spacial score (nSPS) is 13.9. The summed E-state index contributed by atoms with van der Waals surface area (Å²) in [5, 5.41) is 8.80. The molecule has 154 valence electrons. The monoisotopic (exact) mass is 466 g/mol. The fourth-order valence-electron chi connectivity index (χ4n) is 3.45. The fraction of sp³-hybridized carbons (Fsp3) is 0.261. The second-order valence-corrected chi connectivity index (χ2v) is 7.94. The van der Waals surface area contributed by atoms with E-state index in [1.165, 1.54) is 0 Å². The molecular formula is C23H23BrN4O2. The van der Waals surface area contributed by atoms with Crippen LogP contribution in [-0.2, 0) is 0 Å². The Morgan fingerprint density at radius 1 is 0.933 bits per heavy atom. The zero-order valence-electron chi connectivity index (χ0n) is 16.8. The second kappa shape index (κ2) is 9.26. The number of anilines is 1. The Kier molecular flexibility index (Phi) is 6.28. The number of rotatable bonds is 5. The van der Waals surface area contributed by atoms with Crippen LogP contribution in [0.25, 0.3) is 11.3 Å². The lowest BCUT2D eigenvalue weighted by atomic mass is 10.1. The van der Waals surface area contributed by atoms with Crippen molar-refractivity contribution in [2.75, 3.05) is 37.7 Å². The summed E-state index contributed by atoms with van der Waals surface area (Å²) in [5.74, 6) is 1.75. The second-order valence-electron chi connectivity index (χ2n) is 7.02. The van der Waals surface area contributed by atoms with Gasteiger partial charge in [0.15, 0.2) is 5.82 Å². The standard InChI is InChI=1S/C23H23BrN4O2/c1-2-30-20-9-5-17(6-10-20)21-11-12-22(26-25-21)27-13-15-28(16-14-27)23(29)18-3-7-19(24)8-4-18/h3-12H,2,13-16H2,1H3. The van der Waals surface area contributed by atoms with Crippen LogP contribution in [-0.4, -0.2) is 53.8 Å². The van der Waals surface area contributed by atoms with Crippen LogP contribution >= 0.6 is 15.9 Å². The van der Waals surface area contributed by atoms with Crippen LogP contribution < -0.4 is 9.64 Å². The van der Waals surface area contributed by atoms with Crippen molar-refractivity contribution in [3.8, 4) is 17.0 Å². The largest absolute Gasteiger partial charge is 0.494 e. The molecule has 0 unspecified atom stereocenters. The number of amides is 1. The molecule has 2 heterocycles. The molecule has 1 aliphatic rings. The highest BCUT2D eigenvalue weighted by Crippen LogP contribution is 2.22. The van der Waals surface area contributed by atoms with Gasteiger partial charge < -0.3 is 14.5 Å². The van der Waals surface area contributed by atoms with Gasteiger partial charge in [0, 0.05) is 41.8 Å². The summed E-state index contributed by atoms with van der Waals surface area (Å²) in [6.07, 6.45) is 0. The van der Waals surface area contributed by atoms with Gasteiger partial charge >= 0.3 is 0 Å². The van der Waals surface area contributed by atoms with E-state index in [9.17, 15) is 4.79 Å². The van der Waals surface area contributed by atoms with E-state index < -0.39 is 0 Å². The van der Waals surface area contributed by atoms with Crippen LogP contribution in [0.15, 0.2) is 65.1 Å². The molecule has 1 saturated heterocycles. The molecule has 3 aromatic rings. The average Bonchev–Trinajstić information content (AvgIpc) is 2.80. The number of aromatic nitrogens is 2. The van der Waals surface area contributed by atoms with E-state index in [1.807, 2.05) is 72.5 Å². The summed E-state index contributed by atoms with van der Waals surface area (Å²) in [6.45, 7) is 5.41. The van der Waals surface area contributed by atoms with E-state index in [1.54, 1.807) is 0 Å². The average molecular weight is 467 g/mol. The third kappa shape index (κ3) is 4.62. The number of nitrogens with zero attached hydrogens (tertiary/aromatic N) is 4. The van der Waals surface area contributed by atoms with Crippen molar-refractivity contribution in [1.82, 2.24) is 15.1 Å². The number of carbonyl (C=O) groups excluding carboxylic acids is 1. The Morgan fingerprint density at radius 2 is 1.63 bits per heavy atom. The van der Waals surface area contributed by atoms with Crippen LogP contribution in [0.3, 0.4) is 0 Å². The van der Waals surface area contributed by atoms with Gasteiger partial charge in [-0.15, -0.1) is 10.2 Å². The van der Waals surface area contributed by atoms with Crippen molar-refractivity contribution < 1.29 is 9.53 Å². The molecule has 0 radical (unpaired) electrons. The molecule has 0 bridgehead atoms. The molecule has 0 saturated carbocycles. The van der Waals surface area contributed by atoms with Gasteiger partial charge in [-0.1, -0.05) is 15.9 Å². The maximum atomic E-state index is 12.7. The first-order valence-electron chi connectivity index (χ1n) is 10.0. The quantitative estimate of drug-likeness (QED) is 0.561. The number of hydrogen-bond acceptors (Lipinski definition) is 5. The molecule has 1 fully saturated rings. The topological polar surface area (TPSA) is 58.6 Å². The Balaban J connectivity index is 1.36. The lowest BCUT2D eigenvalue weighted by molar-refractivity contribution is 0.0746. The van der Waals surface area contributed by atoms with Crippen LogP contribution in [0.5, 0.6) is 5.75 Å². The summed E-state index contributed by atoms with van der Waals surface area (Å²) in [6, 6.07) is 19.3. The number of piperazine rings is 1. The van der Waals surface area contributed by atoms with Crippen molar-refractivity contribution in [1.29, 1.82) is 0 Å². The lowest BCUT2D eigenvalue weighted by Crippen LogP contribution is -2.49. The van der Waals surface area contributed by atoms with Gasteiger partial charge in [0.2, 0.25) is 0 Å². The van der Waals surface area contributed by atoms with E-state index in [0.29, 0.717) is 25.3 Å². The first kappa shape index (κ1) is 20.3. The van der Waals surface area contributed by atoms with Gasteiger partial charge in [0.05, 0.1) is 12.3 Å². The number of ether oxygens (including phenoxy) is 1. The smallest absolute Gasteiger partial charge is 0.253 e. The summed E-state index contributed by atoms with van der Waals surface area (Å²) in [5.41, 5.74) is 2.54. The minimum atomic E-state index is 0.0686. The minimum Gasteiger partial charge on any atom is -0.494 e. The molecule has 7 heteroatoms. The summed E-state index contributed by atoms with van der Waals surface area (Å²) in [7, 11) is 0. The predicted octanol–water partition coefficient (Wildman–Crippen LogP) is 4.27. The molecule has 4 rings (SSSR count). The molecule has 2 aromatic carbocycles. The molecule has 6 nitrogen and oxygen atoms in total. The summed E-state index contributed by atoms with van der Waals surface area (Å²) >= 11 is 3.40. The zero-order valence-corrected chi connectivity index (χ0v) is 18.4. The number of halogens is 1. The first-order chi connectivity index (χ1) is 14.6. The molecule has 0 N–H and O–H groups in total. The summed E-state index contributed by atoms with van der Waals surface area (Å²) < 4.78 is 6.45. The molecular weight excluding hydrogens is 444 g/mol. The highest BCUT2D eigenvalue weighted by Gasteiger charge is 2.23. The number of hydrogen-bond donors (Lipinski definition) is 0. The van der Waals surface area contributed by atoms with Crippen LogP contribution in [0.1, 0.15) is 17.3 Å². The van der Waals surface area contributed by atoms with E-state index in [0.717, 1.165) is 40.4 Å². The van der Waals surface area contributed by atoms with E-state index in [-0.39, 0.29) is 5.91 Å². The molecule has 0 atom stereocenters. The van der Waals surface area contributed by atoms with Gasteiger partial charge in [-0.25, -0.2) is 0 Å². The Hall–Kier alpha value is -2.93. The summed E-state index contributed by atoms with van der Waals surface area (Å²) in [4.78, 5) is 16.7.